The average Bonchev–Trinajstić information content (AvgIpc) is 2.28. The molecule has 1 heterocycles. The van der Waals surface area contributed by atoms with Crippen LogP contribution in [0.15, 0.2) is 24.3 Å². The maximum atomic E-state index is 9.16. The number of likely N-dealkylation sites (N-methyl/N-ethyl adjacent to an activating group) is 1. The van der Waals surface area contributed by atoms with E-state index in [0.29, 0.717) is 5.92 Å². The van der Waals surface area contributed by atoms with Crippen molar-refractivity contribution in [3.8, 4) is 0 Å². The molecule has 0 aromatic heterocycles. The molecule has 0 amide bonds. The first kappa shape index (κ1) is 12.5. The highest BCUT2D eigenvalue weighted by molar-refractivity contribution is 5.28. The maximum Gasteiger partial charge on any atom is 0.304 e. The summed E-state index contributed by atoms with van der Waals surface area (Å²) in [4.78, 5) is 2.27. The van der Waals surface area contributed by atoms with Gasteiger partial charge in [-0.25, -0.2) is 0 Å². The first-order chi connectivity index (χ1) is 7.97. The second-order valence-electron chi connectivity index (χ2n) is 4.86. The van der Waals surface area contributed by atoms with Gasteiger partial charge in [0.25, 0.3) is 0 Å². The van der Waals surface area contributed by atoms with Crippen LogP contribution in [0.2, 0.25) is 0 Å². The fraction of sp³-hybridized carbons (Fsp3) is 0.538. The van der Waals surface area contributed by atoms with Gasteiger partial charge >= 0.3 is 5.97 Å². The maximum absolute atomic E-state index is 9.16. The van der Waals surface area contributed by atoms with Crippen LogP contribution in [-0.2, 0) is 5.97 Å². The predicted octanol–water partition coefficient (Wildman–Crippen LogP) is 0.583. The Bertz CT molecular complexity index is 386. The Morgan fingerprint density at radius 1 is 1.29 bits per heavy atom. The zero-order valence-corrected chi connectivity index (χ0v) is 10.0. The van der Waals surface area contributed by atoms with Crippen molar-refractivity contribution in [1.82, 2.24) is 4.90 Å². The van der Waals surface area contributed by atoms with Crippen LogP contribution in [0, 0.1) is 0 Å². The smallest absolute Gasteiger partial charge is 0.304 e. The van der Waals surface area contributed by atoms with Crippen LogP contribution in [0.4, 0.5) is 0 Å². The second kappa shape index (κ2) is 4.74. The standard InChI is InChI=1S/C13H19NO3/c1-14-7-3-5-11(9-14)10-4-2-6-12(8-10)13(15,16)17/h2,4,6,8,11,15-17H,3,5,7,9H2,1H3. The van der Waals surface area contributed by atoms with Crippen molar-refractivity contribution in [2.45, 2.75) is 24.7 Å². The lowest BCUT2D eigenvalue weighted by Gasteiger charge is -2.30. The van der Waals surface area contributed by atoms with E-state index in [1.54, 1.807) is 12.1 Å². The molecule has 1 fully saturated rings. The van der Waals surface area contributed by atoms with Crippen molar-refractivity contribution in [2.75, 3.05) is 20.1 Å². The van der Waals surface area contributed by atoms with Crippen LogP contribution in [0.1, 0.15) is 29.9 Å². The number of benzene rings is 1. The minimum absolute atomic E-state index is 0.128. The third-order valence-electron chi connectivity index (χ3n) is 3.37. The SMILES string of the molecule is CN1CCCC(c2cccc(C(O)(O)O)c2)C1. The van der Waals surface area contributed by atoms with Crippen molar-refractivity contribution >= 4 is 0 Å². The summed E-state index contributed by atoms with van der Waals surface area (Å²) < 4.78 is 0. The summed E-state index contributed by atoms with van der Waals surface area (Å²) in [6.07, 6.45) is 2.25. The van der Waals surface area contributed by atoms with E-state index in [9.17, 15) is 0 Å². The van der Waals surface area contributed by atoms with Gasteiger partial charge in [0, 0.05) is 12.1 Å². The predicted molar refractivity (Wildman–Crippen MR) is 64.2 cm³/mol. The normalized spacial score (nSPS) is 22.7. The summed E-state index contributed by atoms with van der Waals surface area (Å²) in [6.45, 7) is 2.08. The summed E-state index contributed by atoms with van der Waals surface area (Å²) >= 11 is 0. The number of hydrogen-bond donors (Lipinski definition) is 3. The highest BCUT2D eigenvalue weighted by Gasteiger charge is 2.24. The molecule has 0 aliphatic carbocycles. The van der Waals surface area contributed by atoms with E-state index < -0.39 is 5.97 Å². The molecule has 4 heteroatoms. The molecule has 17 heavy (non-hydrogen) atoms. The number of likely N-dealkylation sites (tertiary alicyclic amines) is 1. The van der Waals surface area contributed by atoms with Gasteiger partial charge in [0.15, 0.2) is 0 Å². The minimum atomic E-state index is -2.74. The molecular weight excluding hydrogens is 218 g/mol. The van der Waals surface area contributed by atoms with E-state index in [0.717, 1.165) is 31.5 Å². The van der Waals surface area contributed by atoms with E-state index in [2.05, 4.69) is 11.9 Å². The number of rotatable bonds is 2. The Morgan fingerprint density at radius 2 is 2.06 bits per heavy atom. The molecule has 1 aliphatic rings. The first-order valence-electron chi connectivity index (χ1n) is 5.93. The van der Waals surface area contributed by atoms with Crippen LogP contribution < -0.4 is 0 Å². The van der Waals surface area contributed by atoms with Crippen LogP contribution in [0.3, 0.4) is 0 Å². The largest absolute Gasteiger partial charge is 0.340 e. The molecule has 1 aromatic rings. The molecular formula is C13H19NO3. The Morgan fingerprint density at radius 3 is 2.71 bits per heavy atom. The van der Waals surface area contributed by atoms with Gasteiger partial charge in [-0.05, 0) is 44.0 Å². The highest BCUT2D eigenvalue weighted by Crippen LogP contribution is 2.28. The quantitative estimate of drug-likeness (QED) is 0.658. The zero-order chi connectivity index (χ0) is 12.5. The lowest BCUT2D eigenvalue weighted by Crippen LogP contribution is -2.31. The van der Waals surface area contributed by atoms with E-state index in [4.69, 9.17) is 15.3 Å². The number of hydrogen-bond acceptors (Lipinski definition) is 4. The molecule has 0 spiro atoms. The van der Waals surface area contributed by atoms with Crippen LogP contribution in [0.25, 0.3) is 0 Å². The average molecular weight is 237 g/mol. The van der Waals surface area contributed by atoms with Crippen molar-refractivity contribution in [2.24, 2.45) is 0 Å². The summed E-state index contributed by atoms with van der Waals surface area (Å²) in [6, 6.07) is 6.90. The first-order valence-corrected chi connectivity index (χ1v) is 5.93. The lowest BCUT2D eigenvalue weighted by molar-refractivity contribution is -0.323. The Hall–Kier alpha value is -0.940. The van der Waals surface area contributed by atoms with E-state index >= 15 is 0 Å². The van der Waals surface area contributed by atoms with Crippen LogP contribution in [-0.4, -0.2) is 40.4 Å². The molecule has 1 saturated heterocycles. The Balaban J connectivity index is 2.21. The van der Waals surface area contributed by atoms with E-state index in [-0.39, 0.29) is 5.56 Å². The molecule has 2 rings (SSSR count). The molecule has 94 valence electrons. The third kappa shape index (κ3) is 3.04. The second-order valence-corrected chi connectivity index (χ2v) is 4.86. The van der Waals surface area contributed by atoms with Gasteiger partial charge < -0.3 is 20.2 Å². The fourth-order valence-electron chi connectivity index (χ4n) is 2.44. The van der Waals surface area contributed by atoms with Gasteiger partial charge in [0.05, 0.1) is 0 Å². The fourth-order valence-corrected chi connectivity index (χ4v) is 2.44. The number of aliphatic hydroxyl groups is 3. The monoisotopic (exact) mass is 237 g/mol. The molecule has 1 aliphatic heterocycles. The van der Waals surface area contributed by atoms with Crippen molar-refractivity contribution in [3.63, 3.8) is 0 Å². The summed E-state index contributed by atoms with van der Waals surface area (Å²) in [5.41, 5.74) is 1.18. The molecule has 0 saturated carbocycles. The summed E-state index contributed by atoms with van der Waals surface area (Å²) in [5.74, 6) is -2.34. The third-order valence-corrected chi connectivity index (χ3v) is 3.37. The molecule has 1 aromatic carbocycles. The van der Waals surface area contributed by atoms with Gasteiger partial charge in [0.1, 0.15) is 0 Å². The van der Waals surface area contributed by atoms with Gasteiger partial charge in [-0.1, -0.05) is 18.2 Å². The topological polar surface area (TPSA) is 63.9 Å². The van der Waals surface area contributed by atoms with Crippen molar-refractivity contribution in [1.29, 1.82) is 0 Å². The minimum Gasteiger partial charge on any atom is -0.340 e. The highest BCUT2D eigenvalue weighted by atomic mass is 16.7. The van der Waals surface area contributed by atoms with Gasteiger partial charge in [-0.2, -0.15) is 0 Å². The molecule has 4 nitrogen and oxygen atoms in total. The summed E-state index contributed by atoms with van der Waals surface area (Å²) in [5, 5.41) is 27.5. The van der Waals surface area contributed by atoms with E-state index in [1.165, 1.54) is 6.07 Å². The molecule has 0 radical (unpaired) electrons. The molecule has 0 bridgehead atoms. The zero-order valence-electron chi connectivity index (χ0n) is 10.0. The van der Waals surface area contributed by atoms with E-state index in [1.807, 2.05) is 6.07 Å². The Labute approximate surface area is 101 Å². The van der Waals surface area contributed by atoms with Crippen LogP contribution in [0.5, 0.6) is 0 Å². The molecule has 3 N–H and O–H groups in total. The van der Waals surface area contributed by atoms with Crippen molar-refractivity contribution < 1.29 is 15.3 Å². The van der Waals surface area contributed by atoms with Crippen molar-refractivity contribution in [3.05, 3.63) is 35.4 Å². The number of nitrogens with zero attached hydrogens (tertiary/aromatic N) is 1. The Kier molecular flexibility index (Phi) is 3.49. The molecule has 1 atom stereocenters. The van der Waals surface area contributed by atoms with Gasteiger partial charge in [-0.3, -0.25) is 0 Å². The van der Waals surface area contributed by atoms with Gasteiger partial charge in [0.2, 0.25) is 0 Å². The lowest BCUT2D eigenvalue weighted by atomic mass is 9.90. The van der Waals surface area contributed by atoms with Crippen LogP contribution >= 0.6 is 0 Å². The van der Waals surface area contributed by atoms with Gasteiger partial charge in [-0.15, -0.1) is 0 Å². The summed E-state index contributed by atoms with van der Waals surface area (Å²) in [7, 11) is 2.09. The number of piperidine rings is 1. The molecule has 1 unspecified atom stereocenters.